The highest BCUT2D eigenvalue weighted by atomic mass is 35.7. The molecule has 6 aromatic carbocycles. The zero-order valence-electron chi connectivity index (χ0n) is 53.9. The van der Waals surface area contributed by atoms with E-state index in [4.69, 9.17) is 31.6 Å². The van der Waals surface area contributed by atoms with Crippen molar-refractivity contribution in [3.05, 3.63) is 177 Å². The number of hydrogen-bond donors (Lipinski definition) is 0. The van der Waals surface area contributed by atoms with Gasteiger partial charge in [-0.15, -0.1) is 22.2 Å². The second-order valence-corrected chi connectivity index (χ2v) is 42.5. The van der Waals surface area contributed by atoms with E-state index in [1.54, 1.807) is 38.9 Å². The first-order chi connectivity index (χ1) is 40.9. The van der Waals surface area contributed by atoms with Crippen molar-refractivity contribution in [2.45, 2.75) is 243 Å². The maximum Gasteiger partial charge on any atom is 0.248 e. The number of halogens is 2. The maximum atomic E-state index is 6.12. The molecule has 6 aliphatic rings. The molecule has 6 aliphatic carbocycles. The molecule has 0 N–H and O–H groups in total. The molecule has 0 saturated heterocycles. The first-order valence-electron chi connectivity index (χ1n) is 34.2. The van der Waals surface area contributed by atoms with Gasteiger partial charge in [0.2, 0.25) is 6.69 Å². The van der Waals surface area contributed by atoms with Crippen LogP contribution in [0.2, 0.25) is 25.2 Å². The molecular formula is C79H106Cl2O2Si2. The van der Waals surface area contributed by atoms with Gasteiger partial charge < -0.3 is 9.47 Å². The van der Waals surface area contributed by atoms with E-state index in [0.717, 1.165) is 62.7 Å². The van der Waals surface area contributed by atoms with E-state index < -0.39 is 14.8 Å². The smallest absolute Gasteiger partial charge is 0.248 e. The lowest BCUT2D eigenvalue weighted by molar-refractivity contribution is -0.00508. The SMILES string of the molecule is CC(C)(C)OCCCCCC[Si](C)(C1c2ccccc2-c2ccc(CC3CCCC3)cc21)C1c2ccccc2-c2ccc(CC3CCCC3)cc21.CC(C)(C)OCCCCCC[Si](C)(Cl)Cl.c1ccc2c(c1)Cc1cc(CC3CCCC3)ccc1-2. The molecule has 85 heavy (non-hydrogen) atoms. The van der Waals surface area contributed by atoms with E-state index in [2.05, 4.69) is 175 Å². The second kappa shape index (κ2) is 29.3. The van der Waals surface area contributed by atoms with E-state index in [-0.39, 0.29) is 11.2 Å². The Hall–Kier alpha value is -3.75. The lowest BCUT2D eigenvalue weighted by Gasteiger charge is -2.42. The van der Waals surface area contributed by atoms with Crippen LogP contribution in [0, 0.1) is 17.8 Å². The van der Waals surface area contributed by atoms with Crippen molar-refractivity contribution in [1.29, 1.82) is 0 Å². The zero-order chi connectivity index (χ0) is 59.6. The quantitative estimate of drug-likeness (QED) is 0.0383. The van der Waals surface area contributed by atoms with E-state index in [0.29, 0.717) is 11.1 Å². The molecular weight excluding hydrogens is 1110 g/mol. The first kappa shape index (κ1) is 64.2. The van der Waals surface area contributed by atoms with Gasteiger partial charge in [-0.2, -0.15) is 0 Å². The van der Waals surface area contributed by atoms with Crippen LogP contribution in [-0.4, -0.2) is 39.2 Å². The molecule has 456 valence electrons. The van der Waals surface area contributed by atoms with Crippen LogP contribution in [0.4, 0.5) is 0 Å². The molecule has 6 aromatic rings. The molecule has 0 radical (unpaired) electrons. The Labute approximate surface area is 527 Å². The maximum absolute atomic E-state index is 6.12. The summed E-state index contributed by atoms with van der Waals surface area (Å²) in [6, 6.07) is 53.0. The van der Waals surface area contributed by atoms with Crippen molar-refractivity contribution in [2.75, 3.05) is 13.2 Å². The van der Waals surface area contributed by atoms with Crippen LogP contribution in [0.25, 0.3) is 33.4 Å². The summed E-state index contributed by atoms with van der Waals surface area (Å²) in [6.07, 6.45) is 31.8. The average molecular weight is 1210 g/mol. The molecule has 12 rings (SSSR count). The fourth-order valence-corrected chi connectivity index (χ4v) is 23.6. The topological polar surface area (TPSA) is 18.5 Å². The molecule has 3 fully saturated rings. The van der Waals surface area contributed by atoms with E-state index >= 15 is 0 Å². The predicted octanol–water partition coefficient (Wildman–Crippen LogP) is 23.5. The van der Waals surface area contributed by atoms with Crippen molar-refractivity contribution in [1.82, 2.24) is 0 Å². The van der Waals surface area contributed by atoms with Gasteiger partial charge in [0.05, 0.1) is 19.3 Å². The Balaban J connectivity index is 0.000000191. The van der Waals surface area contributed by atoms with Gasteiger partial charge in [0.25, 0.3) is 0 Å². The van der Waals surface area contributed by atoms with Gasteiger partial charge in [0, 0.05) is 24.3 Å². The monoisotopic (exact) mass is 1210 g/mol. The Kier molecular flexibility index (Phi) is 22.1. The summed E-state index contributed by atoms with van der Waals surface area (Å²) >= 11 is 12.0. The largest absolute Gasteiger partial charge is 0.376 e. The van der Waals surface area contributed by atoms with Crippen LogP contribution in [0.1, 0.15) is 231 Å². The van der Waals surface area contributed by atoms with E-state index in [9.17, 15) is 0 Å². The molecule has 6 heteroatoms. The van der Waals surface area contributed by atoms with Gasteiger partial charge in [0.1, 0.15) is 0 Å². The van der Waals surface area contributed by atoms with Gasteiger partial charge in [-0.25, -0.2) is 0 Å². The Morgan fingerprint density at radius 3 is 1.20 bits per heavy atom. The van der Waals surface area contributed by atoms with E-state index in [1.807, 2.05) is 6.55 Å². The number of fused-ring (bicyclic) bond motifs is 9. The standard InChI is InChI=1S/C49H62OSi.C19H20.C11H24Cl2OSi/c1-49(2,3)50-29-15-5-6-16-30-51(4,47-43-23-13-11-21-39(43)41-27-25-37(33-45(41)47)31-35-17-7-8-18-35)48-44-24-14-12-22-40(44)42-28-26-38(34-46(42)48)32-36-19-9-10-20-36;1-2-6-14(5-1)11-15-9-10-19-17(12-15)13-16-7-3-4-8-18(16)19;1-11(2,3)14-9-7-5-6-8-10-15(4,12)13/h11-14,21-28,33-36,47-48H,5-10,15-20,29-32H2,1-4H3;3-4,7-10,12,14H,1-2,5-6,11,13H2;5-10H2,1-4H3. The van der Waals surface area contributed by atoms with Crippen LogP contribution in [0.5, 0.6) is 0 Å². The van der Waals surface area contributed by atoms with Gasteiger partial charge in [-0.3, -0.25) is 0 Å². The zero-order valence-corrected chi connectivity index (χ0v) is 57.4. The molecule has 2 unspecified atom stereocenters. The predicted molar refractivity (Wildman–Crippen MR) is 372 cm³/mol. The van der Waals surface area contributed by atoms with Crippen molar-refractivity contribution in [3.8, 4) is 33.4 Å². The van der Waals surface area contributed by atoms with Gasteiger partial charge in [0.15, 0.2) is 0 Å². The summed E-state index contributed by atoms with van der Waals surface area (Å²) in [6.45, 7) is 17.5. The lowest BCUT2D eigenvalue weighted by atomic mass is 9.95. The molecule has 0 heterocycles. The van der Waals surface area contributed by atoms with Crippen molar-refractivity contribution >= 4 is 36.9 Å². The van der Waals surface area contributed by atoms with Crippen molar-refractivity contribution < 1.29 is 9.47 Å². The molecule has 0 amide bonds. The Bertz CT molecular complexity index is 2970. The van der Waals surface area contributed by atoms with Crippen molar-refractivity contribution in [2.24, 2.45) is 17.8 Å². The summed E-state index contributed by atoms with van der Waals surface area (Å²) in [5, 5.41) is 0. The summed E-state index contributed by atoms with van der Waals surface area (Å²) < 4.78 is 11.8. The Morgan fingerprint density at radius 2 is 0.753 bits per heavy atom. The van der Waals surface area contributed by atoms with E-state index in [1.165, 1.54) is 179 Å². The van der Waals surface area contributed by atoms with Gasteiger partial charge in [-0.1, -0.05) is 256 Å². The fourth-order valence-electron chi connectivity index (χ4n) is 16.2. The summed E-state index contributed by atoms with van der Waals surface area (Å²) in [4.78, 5) is 0. The number of hydrogen-bond acceptors (Lipinski definition) is 2. The third-order valence-corrected chi connectivity index (χ3v) is 28.0. The highest BCUT2D eigenvalue weighted by molar-refractivity contribution is 7.44. The van der Waals surface area contributed by atoms with Crippen LogP contribution in [-0.2, 0) is 35.2 Å². The third kappa shape index (κ3) is 17.2. The average Bonchev–Trinajstić information content (AvgIpc) is 2.50. The third-order valence-electron chi connectivity index (χ3n) is 20.3. The summed E-state index contributed by atoms with van der Waals surface area (Å²) in [5.41, 5.74) is 24.2. The first-order valence-corrected chi connectivity index (χ1v) is 41.8. The highest BCUT2D eigenvalue weighted by Gasteiger charge is 2.52. The molecule has 0 aromatic heterocycles. The summed E-state index contributed by atoms with van der Waals surface area (Å²) in [5.74, 6) is 2.67. The number of ether oxygens (including phenoxy) is 2. The lowest BCUT2D eigenvalue weighted by Crippen LogP contribution is -2.45. The number of benzene rings is 6. The van der Waals surface area contributed by atoms with Crippen molar-refractivity contribution in [3.63, 3.8) is 0 Å². The molecule has 2 nitrogen and oxygen atoms in total. The van der Waals surface area contributed by atoms with Crippen LogP contribution in [0.15, 0.2) is 127 Å². The fraction of sp³-hybridized carbons (Fsp3) is 0.544. The Morgan fingerprint density at radius 1 is 0.388 bits per heavy atom. The van der Waals surface area contributed by atoms with Gasteiger partial charge in [-0.05, 0) is 194 Å². The van der Waals surface area contributed by atoms with Crippen LogP contribution >= 0.6 is 22.2 Å². The normalized spacial score (nSPS) is 18.8. The molecule has 2 atom stereocenters. The number of unbranched alkanes of at least 4 members (excludes halogenated alkanes) is 6. The molecule has 3 saturated carbocycles. The molecule has 0 bridgehead atoms. The minimum atomic E-state index is -2.15. The summed E-state index contributed by atoms with van der Waals surface area (Å²) in [7, 11) is -2.15. The minimum Gasteiger partial charge on any atom is -0.376 e. The molecule has 0 aliphatic heterocycles. The van der Waals surface area contributed by atoms with Gasteiger partial charge >= 0.3 is 0 Å². The molecule has 0 spiro atoms. The van der Waals surface area contributed by atoms with Crippen LogP contribution < -0.4 is 0 Å². The second-order valence-electron chi connectivity index (χ2n) is 29.6. The highest BCUT2D eigenvalue weighted by Crippen LogP contribution is 2.59. The number of rotatable bonds is 22. The van der Waals surface area contributed by atoms with Crippen LogP contribution in [0.3, 0.4) is 0 Å². The minimum absolute atomic E-state index is 0.00222.